The largest absolute Gasteiger partial charge is 0.501 e. The van der Waals surface area contributed by atoms with Crippen molar-refractivity contribution in [3.63, 3.8) is 0 Å². The maximum atomic E-state index is 12.6. The van der Waals surface area contributed by atoms with E-state index in [-0.39, 0.29) is 10.7 Å². The van der Waals surface area contributed by atoms with Gasteiger partial charge in [0, 0.05) is 16.5 Å². The minimum Gasteiger partial charge on any atom is -0.497 e. The third kappa shape index (κ3) is 4.64. The number of sulfone groups is 1. The van der Waals surface area contributed by atoms with Crippen molar-refractivity contribution < 1.29 is 35.9 Å². The first-order valence-corrected chi connectivity index (χ1v) is 10.8. The number of nitrogens with one attached hydrogen (secondary N) is 1. The molecular formula is C19H15F3N2O5S2. The Morgan fingerprint density at radius 2 is 1.74 bits per heavy atom. The lowest BCUT2D eigenvalue weighted by atomic mass is 10.1. The number of benzene rings is 2. The number of amides is 1. The van der Waals surface area contributed by atoms with Crippen molar-refractivity contribution in [3.05, 3.63) is 53.4 Å². The fourth-order valence-corrected chi connectivity index (χ4v) is 4.02. The number of nitrogens with zero attached hydrogens (tertiary/aromatic N) is 1. The highest BCUT2D eigenvalue weighted by Crippen LogP contribution is 2.35. The van der Waals surface area contributed by atoms with Crippen LogP contribution in [0.1, 0.15) is 10.4 Å². The van der Waals surface area contributed by atoms with Crippen molar-refractivity contribution in [2.45, 2.75) is 10.4 Å². The molecule has 0 bridgehead atoms. The fourth-order valence-electron chi connectivity index (χ4n) is 2.56. The van der Waals surface area contributed by atoms with Gasteiger partial charge in [-0.05, 0) is 42.5 Å². The molecule has 1 aromatic heterocycles. The fraction of sp³-hybridized carbons (Fsp3) is 0.158. The van der Waals surface area contributed by atoms with Gasteiger partial charge in [0.1, 0.15) is 11.5 Å². The summed E-state index contributed by atoms with van der Waals surface area (Å²) in [4.78, 5) is 15.8. The van der Waals surface area contributed by atoms with Crippen molar-refractivity contribution in [2.75, 3.05) is 19.5 Å². The third-order valence-electron chi connectivity index (χ3n) is 4.14. The molecular weight excluding hydrogens is 457 g/mol. The first-order valence-electron chi connectivity index (χ1n) is 8.47. The average molecular weight is 472 g/mol. The van der Waals surface area contributed by atoms with Crippen LogP contribution in [0.25, 0.3) is 11.3 Å². The van der Waals surface area contributed by atoms with Gasteiger partial charge in [-0.3, -0.25) is 10.1 Å². The maximum Gasteiger partial charge on any atom is 0.501 e. The number of carbonyl (C=O) groups excluding carboxylic acids is 1. The van der Waals surface area contributed by atoms with E-state index in [4.69, 9.17) is 9.47 Å². The lowest BCUT2D eigenvalue weighted by molar-refractivity contribution is -0.0436. The number of rotatable bonds is 6. The van der Waals surface area contributed by atoms with E-state index in [0.29, 0.717) is 22.8 Å². The summed E-state index contributed by atoms with van der Waals surface area (Å²) in [7, 11) is -2.46. The Bertz CT molecular complexity index is 1210. The van der Waals surface area contributed by atoms with Crippen LogP contribution in [-0.2, 0) is 9.84 Å². The van der Waals surface area contributed by atoms with Crippen molar-refractivity contribution in [1.82, 2.24) is 4.98 Å². The molecule has 3 rings (SSSR count). The van der Waals surface area contributed by atoms with Gasteiger partial charge < -0.3 is 9.47 Å². The zero-order valence-corrected chi connectivity index (χ0v) is 17.7. The number of halogens is 3. The van der Waals surface area contributed by atoms with Gasteiger partial charge in [0.05, 0.1) is 24.8 Å². The second-order valence-corrected chi connectivity index (χ2v) is 8.83. The van der Waals surface area contributed by atoms with Gasteiger partial charge in [-0.1, -0.05) is 0 Å². The van der Waals surface area contributed by atoms with Gasteiger partial charge in [-0.2, -0.15) is 13.2 Å². The number of anilines is 1. The monoisotopic (exact) mass is 472 g/mol. The van der Waals surface area contributed by atoms with Crippen LogP contribution in [0.15, 0.2) is 52.7 Å². The van der Waals surface area contributed by atoms with E-state index < -0.39 is 26.1 Å². The van der Waals surface area contributed by atoms with Crippen LogP contribution in [0.2, 0.25) is 0 Å². The SMILES string of the molecule is COc1ccc(OC)c(-c2csc(NC(=O)c3ccc(S(=O)(=O)C(F)(F)F)cc3)n2)c1. The molecule has 0 saturated carbocycles. The van der Waals surface area contributed by atoms with E-state index in [0.717, 1.165) is 35.6 Å². The molecule has 2 aromatic carbocycles. The molecule has 0 aliphatic heterocycles. The molecule has 164 valence electrons. The highest BCUT2D eigenvalue weighted by atomic mass is 32.2. The standard InChI is InChI=1S/C19H15F3N2O5S2/c1-28-12-5-8-16(29-2)14(9-12)15-10-30-18(23-15)24-17(25)11-3-6-13(7-4-11)31(26,27)19(20,21)22/h3-10H,1-2H3,(H,23,24,25). The lowest BCUT2D eigenvalue weighted by Gasteiger charge is -2.09. The molecule has 0 spiro atoms. The number of methoxy groups -OCH3 is 2. The molecule has 1 N–H and O–H groups in total. The van der Waals surface area contributed by atoms with Crippen molar-refractivity contribution >= 4 is 32.2 Å². The van der Waals surface area contributed by atoms with Gasteiger partial charge >= 0.3 is 5.51 Å². The van der Waals surface area contributed by atoms with Crippen LogP contribution in [0, 0.1) is 0 Å². The Balaban J connectivity index is 1.79. The maximum absolute atomic E-state index is 12.6. The second kappa shape index (κ2) is 8.55. The molecule has 3 aromatic rings. The van der Waals surface area contributed by atoms with Crippen molar-refractivity contribution in [1.29, 1.82) is 0 Å². The summed E-state index contributed by atoms with van der Waals surface area (Å²) in [6.07, 6.45) is 0. The Hall–Kier alpha value is -3.12. The molecule has 0 saturated heterocycles. The van der Waals surface area contributed by atoms with E-state index in [1.165, 1.54) is 14.2 Å². The molecule has 7 nitrogen and oxygen atoms in total. The normalized spacial score (nSPS) is 11.8. The van der Waals surface area contributed by atoms with E-state index in [2.05, 4.69) is 10.3 Å². The Morgan fingerprint density at radius 1 is 1.06 bits per heavy atom. The zero-order chi connectivity index (χ0) is 22.8. The molecule has 1 amide bonds. The summed E-state index contributed by atoms with van der Waals surface area (Å²) in [5.41, 5.74) is -4.30. The van der Waals surface area contributed by atoms with Crippen LogP contribution in [-0.4, -0.2) is 39.0 Å². The number of alkyl halides is 3. The molecule has 0 radical (unpaired) electrons. The van der Waals surface area contributed by atoms with Gasteiger partial charge in [0.2, 0.25) is 0 Å². The molecule has 1 heterocycles. The van der Waals surface area contributed by atoms with E-state index >= 15 is 0 Å². The molecule has 0 fully saturated rings. The van der Waals surface area contributed by atoms with E-state index in [1.54, 1.807) is 23.6 Å². The summed E-state index contributed by atoms with van der Waals surface area (Å²) in [5.74, 6) is 0.475. The third-order valence-corrected chi connectivity index (χ3v) is 6.40. The first-order chi connectivity index (χ1) is 14.6. The quantitative estimate of drug-likeness (QED) is 0.573. The predicted octanol–water partition coefficient (Wildman–Crippen LogP) is 4.37. The predicted molar refractivity (Wildman–Crippen MR) is 108 cm³/mol. The number of ether oxygens (including phenoxy) is 2. The van der Waals surface area contributed by atoms with E-state index in [9.17, 15) is 26.4 Å². The minimum atomic E-state index is -5.48. The van der Waals surface area contributed by atoms with Crippen LogP contribution in [0.5, 0.6) is 11.5 Å². The van der Waals surface area contributed by atoms with Gasteiger partial charge in [-0.15, -0.1) is 11.3 Å². The van der Waals surface area contributed by atoms with Gasteiger partial charge in [-0.25, -0.2) is 13.4 Å². The van der Waals surface area contributed by atoms with Crippen LogP contribution in [0.4, 0.5) is 18.3 Å². The lowest BCUT2D eigenvalue weighted by Crippen LogP contribution is -2.23. The molecule has 0 aliphatic carbocycles. The zero-order valence-electron chi connectivity index (χ0n) is 16.1. The van der Waals surface area contributed by atoms with Gasteiger partial charge in [0.25, 0.3) is 15.7 Å². The summed E-state index contributed by atoms with van der Waals surface area (Å²) >= 11 is 1.13. The van der Waals surface area contributed by atoms with Gasteiger partial charge in [0.15, 0.2) is 5.13 Å². The molecule has 0 aliphatic rings. The van der Waals surface area contributed by atoms with Crippen LogP contribution in [0.3, 0.4) is 0 Å². The molecule has 31 heavy (non-hydrogen) atoms. The van der Waals surface area contributed by atoms with Crippen molar-refractivity contribution in [2.24, 2.45) is 0 Å². The molecule has 0 atom stereocenters. The number of aromatic nitrogens is 1. The Kier molecular flexibility index (Phi) is 6.23. The average Bonchev–Trinajstić information content (AvgIpc) is 3.20. The van der Waals surface area contributed by atoms with Crippen LogP contribution < -0.4 is 14.8 Å². The number of hydrogen-bond acceptors (Lipinski definition) is 7. The van der Waals surface area contributed by atoms with Crippen molar-refractivity contribution in [3.8, 4) is 22.8 Å². The topological polar surface area (TPSA) is 94.6 Å². The summed E-state index contributed by atoms with van der Waals surface area (Å²) in [6.45, 7) is 0. The second-order valence-electron chi connectivity index (χ2n) is 6.03. The molecule has 0 unspecified atom stereocenters. The first kappa shape index (κ1) is 22.6. The summed E-state index contributed by atoms with van der Waals surface area (Å²) < 4.78 is 71.2. The summed E-state index contributed by atoms with van der Waals surface area (Å²) in [6, 6.07) is 8.60. The number of hydrogen-bond donors (Lipinski definition) is 1. The van der Waals surface area contributed by atoms with E-state index in [1.807, 2.05) is 0 Å². The highest BCUT2D eigenvalue weighted by molar-refractivity contribution is 7.92. The Labute approximate surface area is 179 Å². The summed E-state index contributed by atoms with van der Waals surface area (Å²) in [5, 5.41) is 4.45. The Morgan fingerprint density at radius 3 is 2.32 bits per heavy atom. The minimum absolute atomic E-state index is 0.0307. The number of carbonyl (C=O) groups is 1. The number of thiazole rings is 1. The van der Waals surface area contributed by atoms with Crippen LogP contribution >= 0.6 is 11.3 Å². The smallest absolute Gasteiger partial charge is 0.497 e. The highest BCUT2D eigenvalue weighted by Gasteiger charge is 2.46. The molecule has 12 heteroatoms.